The third-order valence-electron chi connectivity index (χ3n) is 4.51. The molecule has 1 aromatic rings. The van der Waals surface area contributed by atoms with Crippen LogP contribution in [0.3, 0.4) is 0 Å². The molecule has 0 saturated carbocycles. The van der Waals surface area contributed by atoms with Gasteiger partial charge in [-0.3, -0.25) is 14.2 Å². The molecule has 0 atom stereocenters. The van der Waals surface area contributed by atoms with Gasteiger partial charge in [0.05, 0.1) is 6.33 Å². The van der Waals surface area contributed by atoms with Crippen LogP contribution in [0.5, 0.6) is 0 Å². The highest BCUT2D eigenvalue weighted by atomic mass is 16.2. The van der Waals surface area contributed by atoms with E-state index in [4.69, 9.17) is 0 Å². The molecule has 2 heterocycles. The molecular formula is C17H27N3O2. The number of likely N-dealkylation sites (tertiary alicyclic amines) is 1. The van der Waals surface area contributed by atoms with Gasteiger partial charge in [0.25, 0.3) is 5.56 Å². The lowest BCUT2D eigenvalue weighted by Gasteiger charge is -2.35. The average molecular weight is 305 g/mol. The molecule has 122 valence electrons. The van der Waals surface area contributed by atoms with E-state index in [1.165, 1.54) is 0 Å². The Balaban J connectivity index is 1.98. The van der Waals surface area contributed by atoms with E-state index in [1.54, 1.807) is 10.9 Å². The number of carbonyl (C=O) groups is 1. The van der Waals surface area contributed by atoms with Gasteiger partial charge in [0.1, 0.15) is 0 Å². The monoisotopic (exact) mass is 305 g/mol. The maximum atomic E-state index is 12.3. The lowest BCUT2D eigenvalue weighted by atomic mass is 9.91. The van der Waals surface area contributed by atoms with Gasteiger partial charge < -0.3 is 4.90 Å². The smallest absolute Gasteiger partial charge is 0.256 e. The normalized spacial score (nSPS) is 16.9. The van der Waals surface area contributed by atoms with Crippen molar-refractivity contribution in [3.8, 4) is 0 Å². The van der Waals surface area contributed by atoms with Crippen LogP contribution in [-0.4, -0.2) is 33.4 Å². The number of hydrogen-bond donors (Lipinski definition) is 0. The predicted molar refractivity (Wildman–Crippen MR) is 86.7 cm³/mol. The van der Waals surface area contributed by atoms with Crippen LogP contribution in [0.2, 0.25) is 0 Å². The fourth-order valence-corrected chi connectivity index (χ4v) is 2.88. The first-order valence-electron chi connectivity index (χ1n) is 8.02. The summed E-state index contributed by atoms with van der Waals surface area (Å²) in [5, 5.41) is 0. The van der Waals surface area contributed by atoms with Crippen LogP contribution >= 0.6 is 0 Å². The van der Waals surface area contributed by atoms with E-state index in [-0.39, 0.29) is 16.9 Å². The van der Waals surface area contributed by atoms with E-state index in [9.17, 15) is 9.59 Å². The van der Waals surface area contributed by atoms with Crippen molar-refractivity contribution in [2.45, 2.75) is 54.0 Å². The SMILES string of the molecule is Cc1ncn(CC2CCN(C(=O)C(C)(C)C)CC2)c(=O)c1C. The molecule has 5 nitrogen and oxygen atoms in total. The van der Waals surface area contributed by atoms with E-state index in [1.807, 2.05) is 39.5 Å². The molecule has 1 fully saturated rings. The number of nitrogens with zero attached hydrogens (tertiary/aromatic N) is 3. The quantitative estimate of drug-likeness (QED) is 0.841. The summed E-state index contributed by atoms with van der Waals surface area (Å²) in [7, 11) is 0. The van der Waals surface area contributed by atoms with Crippen LogP contribution in [0.4, 0.5) is 0 Å². The molecule has 22 heavy (non-hydrogen) atoms. The van der Waals surface area contributed by atoms with E-state index < -0.39 is 0 Å². The number of piperidine rings is 1. The van der Waals surface area contributed by atoms with Gasteiger partial charge in [-0.25, -0.2) is 4.98 Å². The van der Waals surface area contributed by atoms with E-state index in [2.05, 4.69) is 4.98 Å². The maximum Gasteiger partial charge on any atom is 0.256 e. The van der Waals surface area contributed by atoms with Gasteiger partial charge >= 0.3 is 0 Å². The summed E-state index contributed by atoms with van der Waals surface area (Å²) in [6.07, 6.45) is 3.54. The Morgan fingerprint density at radius 2 is 1.86 bits per heavy atom. The number of carbonyl (C=O) groups excluding carboxylic acids is 1. The summed E-state index contributed by atoms with van der Waals surface area (Å²) in [4.78, 5) is 30.7. The van der Waals surface area contributed by atoms with Crippen LogP contribution in [0, 0.1) is 25.2 Å². The first-order chi connectivity index (χ1) is 10.2. The minimum atomic E-state index is -0.318. The van der Waals surface area contributed by atoms with Crippen molar-refractivity contribution in [3.63, 3.8) is 0 Å². The van der Waals surface area contributed by atoms with Crippen molar-refractivity contribution >= 4 is 5.91 Å². The van der Waals surface area contributed by atoms with Crippen molar-refractivity contribution in [1.82, 2.24) is 14.5 Å². The summed E-state index contributed by atoms with van der Waals surface area (Å²) in [6.45, 7) is 11.8. The van der Waals surface area contributed by atoms with Crippen LogP contribution in [0.15, 0.2) is 11.1 Å². The fourth-order valence-electron chi connectivity index (χ4n) is 2.88. The standard InChI is InChI=1S/C17H27N3O2/c1-12-13(2)18-11-20(15(12)21)10-14-6-8-19(9-7-14)16(22)17(3,4)5/h11,14H,6-10H2,1-5H3. The number of aryl methyl sites for hydroxylation is 1. The molecule has 2 rings (SSSR count). The van der Waals surface area contributed by atoms with Gasteiger partial charge in [-0.1, -0.05) is 20.8 Å². The summed E-state index contributed by atoms with van der Waals surface area (Å²) >= 11 is 0. The Bertz CT molecular complexity index is 605. The van der Waals surface area contributed by atoms with Crippen molar-refractivity contribution in [2.24, 2.45) is 11.3 Å². The molecule has 0 aromatic carbocycles. The van der Waals surface area contributed by atoms with Gasteiger partial charge in [-0.15, -0.1) is 0 Å². The number of aromatic nitrogens is 2. The molecule has 0 radical (unpaired) electrons. The predicted octanol–water partition coefficient (Wildman–Crippen LogP) is 2.14. The summed E-state index contributed by atoms with van der Waals surface area (Å²) in [5.41, 5.74) is 1.26. The zero-order valence-electron chi connectivity index (χ0n) is 14.3. The molecule has 0 spiro atoms. The molecule has 1 amide bonds. The number of rotatable bonds is 2. The van der Waals surface area contributed by atoms with E-state index >= 15 is 0 Å². The highest BCUT2D eigenvalue weighted by Crippen LogP contribution is 2.24. The van der Waals surface area contributed by atoms with Crippen LogP contribution < -0.4 is 5.56 Å². The Morgan fingerprint density at radius 1 is 1.27 bits per heavy atom. The van der Waals surface area contributed by atoms with Gasteiger partial charge in [-0.2, -0.15) is 0 Å². The van der Waals surface area contributed by atoms with Gasteiger partial charge in [0.15, 0.2) is 0 Å². The van der Waals surface area contributed by atoms with Crippen molar-refractivity contribution in [1.29, 1.82) is 0 Å². The Labute approximate surface area is 132 Å². The summed E-state index contributed by atoms with van der Waals surface area (Å²) in [5.74, 6) is 0.654. The van der Waals surface area contributed by atoms with E-state index in [0.29, 0.717) is 12.5 Å². The summed E-state index contributed by atoms with van der Waals surface area (Å²) < 4.78 is 1.72. The molecule has 5 heteroatoms. The largest absolute Gasteiger partial charge is 0.342 e. The molecule has 1 aliphatic rings. The molecule has 0 unspecified atom stereocenters. The fraction of sp³-hybridized carbons (Fsp3) is 0.706. The number of hydrogen-bond acceptors (Lipinski definition) is 3. The molecular weight excluding hydrogens is 278 g/mol. The molecule has 1 saturated heterocycles. The van der Waals surface area contributed by atoms with Crippen molar-refractivity contribution < 1.29 is 4.79 Å². The molecule has 1 aliphatic heterocycles. The third-order valence-corrected chi connectivity index (χ3v) is 4.51. The minimum absolute atomic E-state index is 0.0562. The first-order valence-corrected chi connectivity index (χ1v) is 8.02. The lowest BCUT2D eigenvalue weighted by molar-refractivity contribution is -0.140. The third kappa shape index (κ3) is 3.57. The molecule has 0 aliphatic carbocycles. The zero-order valence-corrected chi connectivity index (χ0v) is 14.3. The first kappa shape index (κ1) is 16.7. The maximum absolute atomic E-state index is 12.3. The van der Waals surface area contributed by atoms with Gasteiger partial charge in [0.2, 0.25) is 5.91 Å². The minimum Gasteiger partial charge on any atom is -0.342 e. The lowest BCUT2D eigenvalue weighted by Crippen LogP contribution is -2.45. The van der Waals surface area contributed by atoms with E-state index in [0.717, 1.165) is 37.2 Å². The molecule has 1 aromatic heterocycles. The Hall–Kier alpha value is -1.65. The second-order valence-corrected chi connectivity index (χ2v) is 7.40. The van der Waals surface area contributed by atoms with Gasteiger partial charge in [-0.05, 0) is 32.6 Å². The topological polar surface area (TPSA) is 55.2 Å². The second kappa shape index (κ2) is 6.23. The number of amides is 1. The van der Waals surface area contributed by atoms with Crippen molar-refractivity contribution in [3.05, 3.63) is 27.9 Å². The van der Waals surface area contributed by atoms with Crippen LogP contribution in [-0.2, 0) is 11.3 Å². The van der Waals surface area contributed by atoms with Gasteiger partial charge in [0, 0.05) is 36.3 Å². The summed E-state index contributed by atoms with van der Waals surface area (Å²) in [6, 6.07) is 0. The Morgan fingerprint density at radius 3 is 2.41 bits per heavy atom. The molecule has 0 N–H and O–H groups in total. The molecule has 0 bridgehead atoms. The highest BCUT2D eigenvalue weighted by molar-refractivity contribution is 5.81. The second-order valence-electron chi connectivity index (χ2n) is 7.40. The van der Waals surface area contributed by atoms with Crippen LogP contribution in [0.25, 0.3) is 0 Å². The van der Waals surface area contributed by atoms with Crippen molar-refractivity contribution in [2.75, 3.05) is 13.1 Å². The average Bonchev–Trinajstić information content (AvgIpc) is 2.47. The Kier molecular flexibility index (Phi) is 4.73. The van der Waals surface area contributed by atoms with Crippen LogP contribution in [0.1, 0.15) is 44.9 Å². The highest BCUT2D eigenvalue weighted by Gasteiger charge is 2.30. The zero-order chi connectivity index (χ0) is 16.5.